The SMILES string of the molecule is CCCCN(Cc1cccn1Cc1ccc(Br)cc1)C(=O)CN(CCCOC)C(C)=O. The molecule has 0 atom stereocenters. The number of methoxy groups -OCH3 is 1. The first kappa shape index (κ1) is 25.1. The lowest BCUT2D eigenvalue weighted by Gasteiger charge is -2.27. The van der Waals surface area contributed by atoms with E-state index >= 15 is 0 Å². The monoisotopic (exact) mass is 491 g/mol. The number of carbonyl (C=O) groups is 2. The Morgan fingerprint density at radius 1 is 1.06 bits per heavy atom. The number of unbranched alkanes of at least 4 members (excludes halogenated alkanes) is 1. The Morgan fingerprint density at radius 2 is 1.77 bits per heavy atom. The van der Waals surface area contributed by atoms with Crippen LogP contribution in [0.5, 0.6) is 0 Å². The van der Waals surface area contributed by atoms with Crippen LogP contribution in [-0.2, 0) is 27.4 Å². The van der Waals surface area contributed by atoms with Gasteiger partial charge in [0.25, 0.3) is 0 Å². The molecule has 0 bridgehead atoms. The predicted molar refractivity (Wildman–Crippen MR) is 127 cm³/mol. The van der Waals surface area contributed by atoms with Crippen molar-refractivity contribution in [3.63, 3.8) is 0 Å². The lowest BCUT2D eigenvalue weighted by Crippen LogP contribution is -2.43. The van der Waals surface area contributed by atoms with Gasteiger partial charge < -0.3 is 19.1 Å². The molecular weight excluding hydrogens is 458 g/mol. The van der Waals surface area contributed by atoms with Gasteiger partial charge in [0.05, 0.1) is 13.1 Å². The van der Waals surface area contributed by atoms with E-state index in [1.807, 2.05) is 29.3 Å². The van der Waals surface area contributed by atoms with E-state index in [1.165, 1.54) is 12.5 Å². The van der Waals surface area contributed by atoms with E-state index in [9.17, 15) is 9.59 Å². The molecule has 1 heterocycles. The van der Waals surface area contributed by atoms with Crippen LogP contribution >= 0.6 is 15.9 Å². The fraction of sp³-hybridized carbons (Fsp3) is 0.500. The van der Waals surface area contributed by atoms with E-state index in [0.717, 1.165) is 29.6 Å². The number of amides is 2. The summed E-state index contributed by atoms with van der Waals surface area (Å²) in [4.78, 5) is 28.6. The molecule has 170 valence electrons. The number of hydrogen-bond donors (Lipinski definition) is 0. The summed E-state index contributed by atoms with van der Waals surface area (Å²) in [6.07, 6.45) is 4.71. The maximum atomic E-state index is 13.1. The molecule has 6 nitrogen and oxygen atoms in total. The molecule has 2 rings (SSSR count). The maximum Gasteiger partial charge on any atom is 0.242 e. The van der Waals surface area contributed by atoms with E-state index in [4.69, 9.17) is 4.74 Å². The molecule has 0 fully saturated rings. The molecule has 0 unspecified atom stereocenters. The van der Waals surface area contributed by atoms with Gasteiger partial charge in [0.1, 0.15) is 0 Å². The average Bonchev–Trinajstić information content (AvgIpc) is 3.18. The normalized spacial score (nSPS) is 10.8. The van der Waals surface area contributed by atoms with E-state index < -0.39 is 0 Å². The van der Waals surface area contributed by atoms with Crippen LogP contribution in [0.15, 0.2) is 47.1 Å². The van der Waals surface area contributed by atoms with E-state index in [0.29, 0.717) is 32.7 Å². The highest BCUT2D eigenvalue weighted by molar-refractivity contribution is 9.10. The smallest absolute Gasteiger partial charge is 0.242 e. The van der Waals surface area contributed by atoms with Gasteiger partial charge in [-0.15, -0.1) is 0 Å². The van der Waals surface area contributed by atoms with Crippen molar-refractivity contribution in [3.05, 3.63) is 58.3 Å². The Morgan fingerprint density at radius 3 is 2.42 bits per heavy atom. The molecule has 0 aliphatic rings. The second kappa shape index (κ2) is 13.3. The Kier molecular flexibility index (Phi) is 10.8. The minimum Gasteiger partial charge on any atom is -0.385 e. The van der Waals surface area contributed by atoms with Crippen LogP contribution in [0.3, 0.4) is 0 Å². The second-order valence-electron chi connectivity index (χ2n) is 7.71. The highest BCUT2D eigenvalue weighted by Crippen LogP contribution is 2.15. The molecular formula is C24H34BrN3O3. The van der Waals surface area contributed by atoms with Crippen LogP contribution in [0.2, 0.25) is 0 Å². The van der Waals surface area contributed by atoms with Crippen molar-refractivity contribution in [2.24, 2.45) is 0 Å². The van der Waals surface area contributed by atoms with Crippen LogP contribution in [0.4, 0.5) is 0 Å². The Hall–Kier alpha value is -2.12. The summed E-state index contributed by atoms with van der Waals surface area (Å²) in [5.74, 6) is -0.101. The van der Waals surface area contributed by atoms with Crippen molar-refractivity contribution >= 4 is 27.7 Å². The van der Waals surface area contributed by atoms with E-state index in [-0.39, 0.29) is 18.4 Å². The minimum absolute atomic E-state index is 0.0162. The number of aromatic nitrogens is 1. The van der Waals surface area contributed by atoms with Crippen molar-refractivity contribution in [2.75, 3.05) is 33.4 Å². The molecule has 7 heteroatoms. The van der Waals surface area contributed by atoms with Crippen LogP contribution in [0.25, 0.3) is 0 Å². The zero-order chi connectivity index (χ0) is 22.6. The van der Waals surface area contributed by atoms with Crippen molar-refractivity contribution in [1.82, 2.24) is 14.4 Å². The largest absolute Gasteiger partial charge is 0.385 e. The molecule has 0 aliphatic carbocycles. The molecule has 0 N–H and O–H groups in total. The van der Waals surface area contributed by atoms with E-state index in [2.05, 4.69) is 45.6 Å². The fourth-order valence-electron chi connectivity index (χ4n) is 3.38. The van der Waals surface area contributed by atoms with Gasteiger partial charge in [0.2, 0.25) is 11.8 Å². The van der Waals surface area contributed by atoms with Crippen LogP contribution in [0, 0.1) is 0 Å². The topological polar surface area (TPSA) is 54.8 Å². The van der Waals surface area contributed by atoms with Gasteiger partial charge in [-0.1, -0.05) is 41.4 Å². The maximum absolute atomic E-state index is 13.1. The van der Waals surface area contributed by atoms with Gasteiger partial charge in [-0.05, 0) is 42.7 Å². The molecule has 0 saturated heterocycles. The third-order valence-electron chi connectivity index (χ3n) is 5.22. The molecule has 1 aromatic carbocycles. The van der Waals surface area contributed by atoms with Gasteiger partial charge in [0, 0.05) is 56.6 Å². The first-order valence-corrected chi connectivity index (χ1v) is 11.6. The third-order valence-corrected chi connectivity index (χ3v) is 5.75. The summed E-state index contributed by atoms with van der Waals surface area (Å²) in [6, 6.07) is 12.3. The molecule has 1 aromatic heterocycles. The highest BCUT2D eigenvalue weighted by atomic mass is 79.9. The quantitative estimate of drug-likeness (QED) is 0.392. The van der Waals surface area contributed by atoms with Crippen LogP contribution < -0.4 is 0 Å². The number of halogens is 1. The molecule has 0 radical (unpaired) electrons. The standard InChI is InChI=1S/C24H34BrN3O3/c1-4-5-13-28(24(30)19-26(20(2)29)15-7-16-31-3)18-23-8-6-14-27(23)17-21-9-11-22(25)12-10-21/h6,8-12,14H,4-5,7,13,15-19H2,1-3H3. The highest BCUT2D eigenvalue weighted by Gasteiger charge is 2.20. The number of carbonyl (C=O) groups excluding carboxylic acids is 2. The van der Waals surface area contributed by atoms with Crippen LogP contribution in [-0.4, -0.2) is 59.5 Å². The van der Waals surface area contributed by atoms with Crippen molar-refractivity contribution in [2.45, 2.75) is 46.2 Å². The second-order valence-corrected chi connectivity index (χ2v) is 8.63. The zero-order valence-electron chi connectivity index (χ0n) is 18.8. The molecule has 0 aliphatic heterocycles. The van der Waals surface area contributed by atoms with Crippen molar-refractivity contribution in [3.8, 4) is 0 Å². The molecule has 2 aromatic rings. The Bertz CT molecular complexity index is 820. The molecule has 0 saturated carbocycles. The lowest BCUT2D eigenvalue weighted by molar-refractivity contribution is -0.140. The Balaban J connectivity index is 2.08. The minimum atomic E-state index is -0.0847. The first-order chi connectivity index (χ1) is 14.9. The number of rotatable bonds is 13. The summed E-state index contributed by atoms with van der Waals surface area (Å²) in [6.45, 7) is 6.80. The summed E-state index contributed by atoms with van der Waals surface area (Å²) in [5.41, 5.74) is 2.29. The molecule has 31 heavy (non-hydrogen) atoms. The third kappa shape index (κ3) is 8.50. The van der Waals surface area contributed by atoms with E-state index in [1.54, 1.807) is 12.0 Å². The molecule has 2 amide bonds. The fourth-order valence-corrected chi connectivity index (χ4v) is 3.65. The van der Waals surface area contributed by atoms with Gasteiger partial charge in [-0.25, -0.2) is 0 Å². The number of benzene rings is 1. The summed E-state index contributed by atoms with van der Waals surface area (Å²) in [7, 11) is 1.64. The van der Waals surface area contributed by atoms with Gasteiger partial charge in [0.15, 0.2) is 0 Å². The predicted octanol–water partition coefficient (Wildman–Crippen LogP) is 4.31. The first-order valence-electron chi connectivity index (χ1n) is 10.8. The molecule has 0 spiro atoms. The summed E-state index contributed by atoms with van der Waals surface area (Å²) in [5, 5.41) is 0. The number of ether oxygens (including phenoxy) is 1. The summed E-state index contributed by atoms with van der Waals surface area (Å²) < 4.78 is 8.31. The zero-order valence-corrected chi connectivity index (χ0v) is 20.4. The van der Waals surface area contributed by atoms with Gasteiger partial charge in [-0.2, -0.15) is 0 Å². The number of nitrogens with zero attached hydrogens (tertiary/aromatic N) is 3. The van der Waals surface area contributed by atoms with Crippen molar-refractivity contribution in [1.29, 1.82) is 0 Å². The lowest BCUT2D eigenvalue weighted by atomic mass is 10.2. The summed E-state index contributed by atoms with van der Waals surface area (Å²) >= 11 is 3.47. The van der Waals surface area contributed by atoms with Crippen LogP contribution in [0.1, 0.15) is 44.4 Å². The van der Waals surface area contributed by atoms with Crippen molar-refractivity contribution < 1.29 is 14.3 Å². The van der Waals surface area contributed by atoms with Gasteiger partial charge >= 0.3 is 0 Å². The van der Waals surface area contributed by atoms with Gasteiger partial charge in [-0.3, -0.25) is 9.59 Å². The Labute approximate surface area is 194 Å². The number of hydrogen-bond acceptors (Lipinski definition) is 3. The average molecular weight is 492 g/mol.